The quantitative estimate of drug-likeness (QED) is 0.664. The Morgan fingerprint density at radius 3 is 2.50 bits per heavy atom. The van der Waals surface area contributed by atoms with Gasteiger partial charge in [-0.15, -0.1) is 0 Å². The average Bonchev–Trinajstić information content (AvgIpc) is 2.30. The van der Waals surface area contributed by atoms with Gasteiger partial charge < -0.3 is 4.90 Å². The van der Waals surface area contributed by atoms with Gasteiger partial charge in [0.2, 0.25) is 0 Å². The Bertz CT molecular complexity index is 139. The molecule has 1 unspecified atom stereocenters. The molecule has 0 aromatic carbocycles. The minimum Gasteiger partial charge on any atom is -0.302 e. The lowest BCUT2D eigenvalue weighted by molar-refractivity contribution is 0.266. The molecule has 1 nitrogen and oxygen atoms in total. The zero-order valence-corrected chi connectivity index (χ0v) is 10.0. The van der Waals surface area contributed by atoms with E-state index in [9.17, 15) is 0 Å². The summed E-state index contributed by atoms with van der Waals surface area (Å²) < 4.78 is 0. The van der Waals surface area contributed by atoms with Gasteiger partial charge in [0, 0.05) is 11.4 Å². The van der Waals surface area contributed by atoms with E-state index in [0.717, 1.165) is 4.83 Å². The van der Waals surface area contributed by atoms with Crippen molar-refractivity contribution in [3.8, 4) is 0 Å². The molecule has 0 saturated carbocycles. The lowest BCUT2D eigenvalue weighted by Gasteiger charge is -2.22. The number of rotatable bonds is 2. The second kappa shape index (κ2) is 4.10. The molecule has 1 aliphatic rings. The van der Waals surface area contributed by atoms with Gasteiger partial charge in [0.25, 0.3) is 0 Å². The van der Waals surface area contributed by atoms with Crippen molar-refractivity contribution >= 4 is 15.9 Å². The van der Waals surface area contributed by atoms with Gasteiger partial charge in [0.1, 0.15) is 0 Å². The van der Waals surface area contributed by atoms with E-state index in [0.29, 0.717) is 5.41 Å². The Labute approximate surface area is 84.6 Å². The third kappa shape index (κ3) is 3.90. The number of hydrogen-bond donors (Lipinski definition) is 0. The summed E-state index contributed by atoms with van der Waals surface area (Å²) in [6, 6.07) is 0. The fourth-order valence-corrected chi connectivity index (χ4v) is 2.10. The summed E-state index contributed by atoms with van der Waals surface area (Å²) >= 11 is 3.66. The smallest absolute Gasteiger partial charge is 0.0285 e. The van der Waals surface area contributed by atoms with Gasteiger partial charge in [0.05, 0.1) is 0 Å². The molecule has 0 bridgehead atoms. The summed E-state index contributed by atoms with van der Waals surface area (Å²) in [4.78, 5) is 3.31. The zero-order valence-electron chi connectivity index (χ0n) is 8.44. The van der Waals surface area contributed by atoms with E-state index >= 15 is 0 Å². The fourth-order valence-electron chi connectivity index (χ4n) is 1.48. The lowest BCUT2D eigenvalue weighted by Crippen LogP contribution is -2.25. The summed E-state index contributed by atoms with van der Waals surface area (Å²) in [7, 11) is 0. The Morgan fingerprint density at radius 1 is 1.42 bits per heavy atom. The standard InChI is InChI=1S/C10H20BrN/c1-10(2,3)5-7-12-6-4-9(11)8-12/h9H,4-8H2,1-3H3. The van der Waals surface area contributed by atoms with Crippen molar-refractivity contribution in [3.05, 3.63) is 0 Å². The Kier molecular flexibility index (Phi) is 3.59. The summed E-state index contributed by atoms with van der Waals surface area (Å²) in [5.74, 6) is 0. The Morgan fingerprint density at radius 2 is 2.08 bits per heavy atom. The number of likely N-dealkylation sites (tertiary alicyclic amines) is 1. The predicted molar refractivity (Wildman–Crippen MR) is 57.8 cm³/mol. The lowest BCUT2D eigenvalue weighted by atomic mass is 9.92. The van der Waals surface area contributed by atoms with Crippen molar-refractivity contribution in [1.29, 1.82) is 0 Å². The van der Waals surface area contributed by atoms with Gasteiger partial charge in [-0.1, -0.05) is 36.7 Å². The maximum Gasteiger partial charge on any atom is 0.0285 e. The first kappa shape index (κ1) is 10.5. The molecule has 0 N–H and O–H groups in total. The van der Waals surface area contributed by atoms with Crippen molar-refractivity contribution in [2.24, 2.45) is 5.41 Å². The largest absolute Gasteiger partial charge is 0.302 e. The van der Waals surface area contributed by atoms with Crippen LogP contribution in [0.3, 0.4) is 0 Å². The van der Waals surface area contributed by atoms with Crippen LogP contribution < -0.4 is 0 Å². The SMILES string of the molecule is CC(C)(C)CCN1CCC(Br)C1. The van der Waals surface area contributed by atoms with Crippen LogP contribution in [0, 0.1) is 5.41 Å². The molecule has 0 aliphatic carbocycles. The van der Waals surface area contributed by atoms with Crippen LogP contribution in [0.2, 0.25) is 0 Å². The maximum absolute atomic E-state index is 3.66. The zero-order chi connectivity index (χ0) is 9.19. The molecule has 1 atom stereocenters. The molecule has 1 rings (SSSR count). The third-order valence-corrected chi connectivity index (χ3v) is 3.14. The van der Waals surface area contributed by atoms with Crippen molar-refractivity contribution in [2.45, 2.75) is 38.4 Å². The molecule has 0 amide bonds. The number of alkyl halides is 1. The van der Waals surface area contributed by atoms with Crippen molar-refractivity contribution < 1.29 is 0 Å². The molecular formula is C10H20BrN. The van der Waals surface area contributed by atoms with E-state index in [-0.39, 0.29) is 0 Å². The van der Waals surface area contributed by atoms with E-state index in [1.165, 1.54) is 32.5 Å². The van der Waals surface area contributed by atoms with E-state index in [1.807, 2.05) is 0 Å². The van der Waals surface area contributed by atoms with E-state index in [1.54, 1.807) is 0 Å². The van der Waals surface area contributed by atoms with Gasteiger partial charge in [0.15, 0.2) is 0 Å². The Balaban J connectivity index is 2.16. The predicted octanol–water partition coefficient (Wildman–Crippen LogP) is 2.89. The highest BCUT2D eigenvalue weighted by atomic mass is 79.9. The topological polar surface area (TPSA) is 3.24 Å². The van der Waals surface area contributed by atoms with Gasteiger partial charge in [-0.2, -0.15) is 0 Å². The molecule has 0 aromatic rings. The normalized spacial score (nSPS) is 26.5. The van der Waals surface area contributed by atoms with Crippen LogP contribution in [0.5, 0.6) is 0 Å². The number of halogens is 1. The van der Waals surface area contributed by atoms with Crippen LogP contribution in [0.1, 0.15) is 33.6 Å². The Hall–Kier alpha value is 0.440. The molecule has 72 valence electrons. The monoisotopic (exact) mass is 233 g/mol. The number of nitrogens with zero attached hydrogens (tertiary/aromatic N) is 1. The molecule has 1 aliphatic heterocycles. The van der Waals surface area contributed by atoms with Crippen molar-refractivity contribution in [1.82, 2.24) is 4.90 Å². The first-order chi connectivity index (χ1) is 5.47. The van der Waals surface area contributed by atoms with E-state index in [2.05, 4.69) is 41.6 Å². The van der Waals surface area contributed by atoms with Crippen molar-refractivity contribution in [3.63, 3.8) is 0 Å². The molecule has 0 aromatic heterocycles. The second-order valence-electron chi connectivity index (χ2n) is 5.00. The minimum absolute atomic E-state index is 0.490. The van der Waals surface area contributed by atoms with E-state index < -0.39 is 0 Å². The van der Waals surface area contributed by atoms with Crippen LogP contribution in [-0.4, -0.2) is 29.4 Å². The summed E-state index contributed by atoms with van der Waals surface area (Å²) in [5, 5.41) is 0. The van der Waals surface area contributed by atoms with Crippen LogP contribution in [0.25, 0.3) is 0 Å². The molecule has 2 heteroatoms. The maximum atomic E-state index is 3.66. The molecule has 1 fully saturated rings. The minimum atomic E-state index is 0.490. The van der Waals surface area contributed by atoms with Gasteiger partial charge in [-0.3, -0.25) is 0 Å². The highest BCUT2D eigenvalue weighted by Crippen LogP contribution is 2.22. The highest BCUT2D eigenvalue weighted by Gasteiger charge is 2.21. The van der Waals surface area contributed by atoms with Crippen LogP contribution in [0.15, 0.2) is 0 Å². The molecule has 12 heavy (non-hydrogen) atoms. The van der Waals surface area contributed by atoms with Crippen LogP contribution >= 0.6 is 15.9 Å². The second-order valence-corrected chi connectivity index (χ2v) is 6.29. The van der Waals surface area contributed by atoms with E-state index in [4.69, 9.17) is 0 Å². The summed E-state index contributed by atoms with van der Waals surface area (Å²) in [5.41, 5.74) is 0.490. The molecular weight excluding hydrogens is 214 g/mol. The van der Waals surface area contributed by atoms with Crippen LogP contribution in [-0.2, 0) is 0 Å². The first-order valence-corrected chi connectivity index (χ1v) is 5.75. The average molecular weight is 234 g/mol. The first-order valence-electron chi connectivity index (χ1n) is 4.84. The third-order valence-electron chi connectivity index (χ3n) is 2.39. The van der Waals surface area contributed by atoms with Gasteiger partial charge in [-0.25, -0.2) is 0 Å². The van der Waals surface area contributed by atoms with Crippen molar-refractivity contribution in [2.75, 3.05) is 19.6 Å². The fraction of sp³-hybridized carbons (Fsp3) is 1.00. The summed E-state index contributed by atoms with van der Waals surface area (Å²) in [6.07, 6.45) is 2.64. The number of hydrogen-bond acceptors (Lipinski definition) is 1. The highest BCUT2D eigenvalue weighted by molar-refractivity contribution is 9.09. The molecule has 1 heterocycles. The van der Waals surface area contributed by atoms with Crippen LogP contribution in [0.4, 0.5) is 0 Å². The van der Waals surface area contributed by atoms with Gasteiger partial charge >= 0.3 is 0 Å². The molecule has 0 radical (unpaired) electrons. The summed E-state index contributed by atoms with van der Waals surface area (Å²) in [6.45, 7) is 10.7. The molecule has 0 spiro atoms. The molecule has 1 saturated heterocycles. The van der Waals surface area contributed by atoms with Gasteiger partial charge in [-0.05, 0) is 31.3 Å².